The van der Waals surface area contributed by atoms with Gasteiger partial charge in [0.05, 0.1) is 12.6 Å². The molecular formula is C14H26N2O4. The third kappa shape index (κ3) is 6.34. The van der Waals surface area contributed by atoms with Crippen molar-refractivity contribution in [3.63, 3.8) is 0 Å². The minimum atomic E-state index is -0.936. The Morgan fingerprint density at radius 2 is 1.90 bits per heavy atom. The zero-order valence-corrected chi connectivity index (χ0v) is 12.6. The predicted octanol–water partition coefficient (Wildman–Crippen LogP) is 0.713. The molecule has 1 atom stereocenters. The van der Waals surface area contributed by atoms with Gasteiger partial charge in [-0.25, -0.2) is 4.79 Å². The minimum Gasteiger partial charge on any atom is -0.480 e. The zero-order chi connectivity index (χ0) is 15.1. The lowest BCUT2D eigenvalue weighted by Crippen LogP contribution is -2.46. The van der Waals surface area contributed by atoms with Crippen LogP contribution in [0.5, 0.6) is 0 Å². The van der Waals surface area contributed by atoms with Gasteiger partial charge in [0.1, 0.15) is 6.61 Å². The molecular weight excluding hydrogens is 260 g/mol. The fourth-order valence-corrected chi connectivity index (χ4v) is 2.09. The van der Waals surface area contributed by atoms with Crippen LogP contribution in [0, 0.1) is 5.92 Å². The minimum absolute atomic E-state index is 0.00000105. The van der Waals surface area contributed by atoms with Crippen LogP contribution < -0.4 is 5.32 Å². The smallest absolute Gasteiger partial charge is 0.329 e. The first kappa shape index (κ1) is 16.9. The molecule has 20 heavy (non-hydrogen) atoms. The molecule has 0 saturated carbocycles. The third-order valence-electron chi connectivity index (χ3n) is 3.73. The molecule has 1 saturated heterocycles. The van der Waals surface area contributed by atoms with Crippen molar-refractivity contribution in [2.24, 2.45) is 5.92 Å². The van der Waals surface area contributed by atoms with Gasteiger partial charge in [0, 0.05) is 19.1 Å². The number of carbonyl (C=O) groups excluding carboxylic acids is 1. The van der Waals surface area contributed by atoms with Gasteiger partial charge < -0.3 is 15.2 Å². The quantitative estimate of drug-likeness (QED) is 0.721. The number of hydrogen-bond donors (Lipinski definition) is 2. The number of amides is 1. The number of likely N-dealkylation sites (tertiary alicyclic amines) is 1. The lowest BCUT2D eigenvalue weighted by Gasteiger charge is -2.31. The van der Waals surface area contributed by atoms with Crippen molar-refractivity contribution < 1.29 is 19.4 Å². The van der Waals surface area contributed by atoms with Crippen molar-refractivity contribution >= 4 is 11.9 Å². The molecule has 0 spiro atoms. The Morgan fingerprint density at radius 1 is 1.30 bits per heavy atom. The van der Waals surface area contributed by atoms with E-state index < -0.39 is 5.97 Å². The molecule has 6 nitrogen and oxygen atoms in total. The molecule has 0 radical (unpaired) electrons. The van der Waals surface area contributed by atoms with Crippen molar-refractivity contribution in [2.75, 3.05) is 26.2 Å². The van der Waals surface area contributed by atoms with Crippen molar-refractivity contribution in [2.45, 2.75) is 45.8 Å². The summed E-state index contributed by atoms with van der Waals surface area (Å²) in [6.45, 7) is 7.88. The first-order valence-electron chi connectivity index (χ1n) is 7.23. The Kier molecular flexibility index (Phi) is 6.95. The van der Waals surface area contributed by atoms with E-state index in [1.807, 2.05) is 6.92 Å². The molecule has 0 aromatic rings. The van der Waals surface area contributed by atoms with Gasteiger partial charge in [0.15, 0.2) is 0 Å². The second-order valence-corrected chi connectivity index (χ2v) is 5.78. The summed E-state index contributed by atoms with van der Waals surface area (Å²) in [6.07, 6.45) is 1.56. The first-order valence-corrected chi connectivity index (χ1v) is 7.23. The number of ether oxygens (including phenoxy) is 1. The summed E-state index contributed by atoms with van der Waals surface area (Å²) in [4.78, 5) is 24.4. The first-order chi connectivity index (χ1) is 9.38. The Morgan fingerprint density at radius 3 is 2.40 bits per heavy atom. The van der Waals surface area contributed by atoms with E-state index in [1.165, 1.54) is 0 Å². The predicted molar refractivity (Wildman–Crippen MR) is 75.5 cm³/mol. The monoisotopic (exact) mass is 286 g/mol. The SMILES string of the molecule is CC(C)C(C)NC(=O)CN1CCC(OCC(=O)O)CC1. The van der Waals surface area contributed by atoms with E-state index in [4.69, 9.17) is 9.84 Å². The summed E-state index contributed by atoms with van der Waals surface area (Å²) in [5.74, 6) is -0.459. The average molecular weight is 286 g/mol. The molecule has 1 unspecified atom stereocenters. The molecule has 1 amide bonds. The summed E-state index contributed by atoms with van der Waals surface area (Å²) in [5, 5.41) is 11.5. The molecule has 0 aromatic heterocycles. The van der Waals surface area contributed by atoms with E-state index in [2.05, 4.69) is 24.1 Å². The largest absolute Gasteiger partial charge is 0.480 e. The van der Waals surface area contributed by atoms with Gasteiger partial charge in [-0.1, -0.05) is 13.8 Å². The van der Waals surface area contributed by atoms with Gasteiger partial charge in [-0.05, 0) is 25.7 Å². The highest BCUT2D eigenvalue weighted by Gasteiger charge is 2.22. The van der Waals surface area contributed by atoms with E-state index >= 15 is 0 Å². The van der Waals surface area contributed by atoms with E-state index in [0.717, 1.165) is 25.9 Å². The number of hydrogen-bond acceptors (Lipinski definition) is 4. The number of nitrogens with zero attached hydrogens (tertiary/aromatic N) is 1. The maximum Gasteiger partial charge on any atom is 0.329 e. The van der Waals surface area contributed by atoms with Gasteiger partial charge in [0.25, 0.3) is 0 Å². The van der Waals surface area contributed by atoms with Crippen molar-refractivity contribution in [3.05, 3.63) is 0 Å². The molecule has 1 heterocycles. The summed E-state index contributed by atoms with van der Waals surface area (Å²) in [5.41, 5.74) is 0. The van der Waals surface area contributed by atoms with Crippen LogP contribution in [0.4, 0.5) is 0 Å². The van der Waals surface area contributed by atoms with Crippen molar-refractivity contribution in [1.29, 1.82) is 0 Å². The van der Waals surface area contributed by atoms with Crippen molar-refractivity contribution in [1.82, 2.24) is 10.2 Å². The molecule has 1 aliphatic rings. The van der Waals surface area contributed by atoms with E-state index in [-0.39, 0.29) is 24.7 Å². The molecule has 0 aromatic carbocycles. The Labute approximate surface area is 120 Å². The van der Waals surface area contributed by atoms with Gasteiger partial charge >= 0.3 is 5.97 Å². The summed E-state index contributed by atoms with van der Waals surface area (Å²) >= 11 is 0. The molecule has 6 heteroatoms. The van der Waals surface area contributed by atoms with Gasteiger partial charge in [-0.2, -0.15) is 0 Å². The summed E-state index contributed by atoms with van der Waals surface area (Å²) in [6, 6.07) is 0.180. The number of carboxylic acid groups (broad SMARTS) is 1. The second-order valence-electron chi connectivity index (χ2n) is 5.78. The van der Waals surface area contributed by atoms with Crippen LogP contribution in [0.3, 0.4) is 0 Å². The fraction of sp³-hybridized carbons (Fsp3) is 0.857. The van der Waals surface area contributed by atoms with E-state index in [1.54, 1.807) is 0 Å². The molecule has 1 fully saturated rings. The topological polar surface area (TPSA) is 78.9 Å². The lowest BCUT2D eigenvalue weighted by molar-refractivity contribution is -0.145. The highest BCUT2D eigenvalue weighted by Crippen LogP contribution is 2.13. The molecule has 2 N–H and O–H groups in total. The maximum absolute atomic E-state index is 11.9. The molecule has 0 bridgehead atoms. The van der Waals surface area contributed by atoms with Crippen LogP contribution in [0.2, 0.25) is 0 Å². The fourth-order valence-electron chi connectivity index (χ4n) is 2.09. The number of carbonyl (C=O) groups is 2. The van der Waals surface area contributed by atoms with Crippen LogP contribution in [-0.4, -0.2) is 60.3 Å². The number of nitrogens with one attached hydrogen (secondary N) is 1. The van der Waals surface area contributed by atoms with Crippen LogP contribution >= 0.6 is 0 Å². The maximum atomic E-state index is 11.9. The van der Waals surface area contributed by atoms with Gasteiger partial charge in [-0.15, -0.1) is 0 Å². The molecule has 1 rings (SSSR count). The number of aliphatic carboxylic acids is 1. The lowest BCUT2D eigenvalue weighted by atomic mass is 10.1. The number of carboxylic acids is 1. The van der Waals surface area contributed by atoms with Crippen LogP contribution in [0.15, 0.2) is 0 Å². The molecule has 116 valence electrons. The normalized spacial score (nSPS) is 19.0. The van der Waals surface area contributed by atoms with Gasteiger partial charge in [-0.3, -0.25) is 9.69 Å². The Bertz CT molecular complexity index is 325. The number of rotatable bonds is 7. The van der Waals surface area contributed by atoms with Crippen molar-refractivity contribution in [3.8, 4) is 0 Å². The zero-order valence-electron chi connectivity index (χ0n) is 12.6. The third-order valence-corrected chi connectivity index (χ3v) is 3.73. The van der Waals surface area contributed by atoms with Crippen LogP contribution in [0.25, 0.3) is 0 Å². The van der Waals surface area contributed by atoms with Crippen LogP contribution in [-0.2, 0) is 14.3 Å². The highest BCUT2D eigenvalue weighted by atomic mass is 16.5. The van der Waals surface area contributed by atoms with Gasteiger partial charge in [0.2, 0.25) is 5.91 Å². The summed E-state index contributed by atoms with van der Waals surface area (Å²) in [7, 11) is 0. The second kappa shape index (κ2) is 8.21. The summed E-state index contributed by atoms with van der Waals surface area (Å²) < 4.78 is 5.27. The van der Waals surface area contributed by atoms with E-state index in [9.17, 15) is 9.59 Å². The molecule has 1 aliphatic heterocycles. The highest BCUT2D eigenvalue weighted by molar-refractivity contribution is 5.78. The Hall–Kier alpha value is -1.14. The van der Waals surface area contributed by atoms with Crippen LogP contribution in [0.1, 0.15) is 33.6 Å². The molecule has 0 aliphatic carbocycles. The Balaban J connectivity index is 2.21. The standard InChI is InChI=1S/C14H26N2O4/c1-10(2)11(3)15-13(17)8-16-6-4-12(5-7-16)20-9-14(18)19/h10-12H,4-9H2,1-3H3,(H,15,17)(H,18,19). The van der Waals surface area contributed by atoms with E-state index in [0.29, 0.717) is 12.5 Å². The average Bonchev–Trinajstić information content (AvgIpc) is 2.37. The number of piperidine rings is 1.